The number of rotatable bonds is 3. The van der Waals surface area contributed by atoms with Gasteiger partial charge in [0, 0.05) is 16.9 Å². The SMILES string of the molecule is CN1CCCC(C(CN)c2cccc(Br)c2)C1. The predicted octanol–water partition coefficient (Wildman–Crippen LogP) is 2.83. The number of halogens is 1. The van der Waals surface area contributed by atoms with Crippen LogP contribution in [0.3, 0.4) is 0 Å². The summed E-state index contributed by atoms with van der Waals surface area (Å²) in [7, 11) is 2.21. The molecule has 1 aliphatic rings. The number of piperidine rings is 1. The molecule has 2 N–H and O–H groups in total. The molecular formula is C14H21BrN2. The quantitative estimate of drug-likeness (QED) is 0.929. The maximum absolute atomic E-state index is 6.00. The lowest BCUT2D eigenvalue weighted by Gasteiger charge is -2.35. The second-order valence-electron chi connectivity index (χ2n) is 5.06. The maximum atomic E-state index is 6.00. The van der Waals surface area contributed by atoms with Gasteiger partial charge in [-0.15, -0.1) is 0 Å². The van der Waals surface area contributed by atoms with Gasteiger partial charge in [0.25, 0.3) is 0 Å². The first-order valence-electron chi connectivity index (χ1n) is 6.35. The number of nitrogens with zero attached hydrogens (tertiary/aromatic N) is 1. The summed E-state index contributed by atoms with van der Waals surface area (Å²) in [5, 5.41) is 0. The van der Waals surface area contributed by atoms with Gasteiger partial charge in [-0.2, -0.15) is 0 Å². The zero-order chi connectivity index (χ0) is 12.3. The van der Waals surface area contributed by atoms with Crippen LogP contribution in [0, 0.1) is 5.92 Å². The zero-order valence-corrected chi connectivity index (χ0v) is 12.0. The first-order valence-corrected chi connectivity index (χ1v) is 7.14. The summed E-state index contributed by atoms with van der Waals surface area (Å²) >= 11 is 3.54. The van der Waals surface area contributed by atoms with Crippen LogP contribution in [-0.2, 0) is 0 Å². The molecule has 0 spiro atoms. The Morgan fingerprint density at radius 2 is 2.35 bits per heavy atom. The standard InChI is InChI=1S/C14H21BrN2/c1-17-7-3-5-12(10-17)14(9-16)11-4-2-6-13(15)8-11/h2,4,6,8,12,14H,3,5,7,9-10,16H2,1H3. The Labute approximate surface area is 112 Å². The van der Waals surface area contributed by atoms with Crippen molar-refractivity contribution < 1.29 is 0 Å². The molecule has 1 fully saturated rings. The van der Waals surface area contributed by atoms with Gasteiger partial charge in [0.2, 0.25) is 0 Å². The van der Waals surface area contributed by atoms with E-state index in [1.54, 1.807) is 0 Å². The highest BCUT2D eigenvalue weighted by Gasteiger charge is 2.26. The fourth-order valence-corrected chi connectivity index (χ4v) is 3.29. The van der Waals surface area contributed by atoms with Crippen LogP contribution in [0.25, 0.3) is 0 Å². The fraction of sp³-hybridized carbons (Fsp3) is 0.571. The summed E-state index contributed by atoms with van der Waals surface area (Å²) in [4.78, 5) is 2.43. The first kappa shape index (κ1) is 13.1. The van der Waals surface area contributed by atoms with Crippen molar-refractivity contribution >= 4 is 15.9 Å². The Hall–Kier alpha value is -0.380. The van der Waals surface area contributed by atoms with Crippen LogP contribution < -0.4 is 5.73 Å². The molecule has 94 valence electrons. The summed E-state index contributed by atoms with van der Waals surface area (Å²) in [5.74, 6) is 1.20. The Morgan fingerprint density at radius 1 is 1.53 bits per heavy atom. The van der Waals surface area contributed by atoms with E-state index < -0.39 is 0 Å². The van der Waals surface area contributed by atoms with Crippen molar-refractivity contribution in [1.29, 1.82) is 0 Å². The Morgan fingerprint density at radius 3 is 3.00 bits per heavy atom. The van der Waals surface area contributed by atoms with Crippen LogP contribution in [0.15, 0.2) is 28.7 Å². The summed E-state index contributed by atoms with van der Waals surface area (Å²) in [6.07, 6.45) is 2.60. The molecule has 0 amide bonds. The third kappa shape index (κ3) is 3.30. The second kappa shape index (κ2) is 5.98. The lowest BCUT2D eigenvalue weighted by atomic mass is 9.81. The molecule has 2 unspecified atom stereocenters. The molecular weight excluding hydrogens is 276 g/mol. The highest BCUT2D eigenvalue weighted by atomic mass is 79.9. The summed E-state index contributed by atoms with van der Waals surface area (Å²) in [6, 6.07) is 8.60. The van der Waals surface area contributed by atoms with Crippen molar-refractivity contribution in [2.24, 2.45) is 11.7 Å². The van der Waals surface area contributed by atoms with Crippen molar-refractivity contribution in [2.45, 2.75) is 18.8 Å². The molecule has 0 bridgehead atoms. The van der Waals surface area contributed by atoms with Gasteiger partial charge < -0.3 is 10.6 Å². The molecule has 3 heteroatoms. The average Bonchev–Trinajstić information content (AvgIpc) is 2.30. The fourth-order valence-electron chi connectivity index (χ4n) is 2.87. The van der Waals surface area contributed by atoms with E-state index in [0.717, 1.165) is 11.0 Å². The second-order valence-corrected chi connectivity index (χ2v) is 5.98. The smallest absolute Gasteiger partial charge is 0.0178 e. The minimum atomic E-state index is 0.496. The third-order valence-electron chi connectivity index (χ3n) is 3.76. The van der Waals surface area contributed by atoms with Crippen molar-refractivity contribution in [1.82, 2.24) is 4.90 Å². The number of likely N-dealkylation sites (tertiary alicyclic amines) is 1. The van der Waals surface area contributed by atoms with E-state index in [-0.39, 0.29) is 0 Å². The molecule has 0 radical (unpaired) electrons. The molecule has 0 aliphatic carbocycles. The van der Waals surface area contributed by atoms with E-state index in [4.69, 9.17) is 5.73 Å². The van der Waals surface area contributed by atoms with Crippen LogP contribution in [0.5, 0.6) is 0 Å². The summed E-state index contributed by atoms with van der Waals surface area (Å²) in [5.41, 5.74) is 7.37. The van der Waals surface area contributed by atoms with Crippen molar-refractivity contribution in [2.75, 3.05) is 26.7 Å². The van der Waals surface area contributed by atoms with Gasteiger partial charge in [0.05, 0.1) is 0 Å². The number of hydrogen-bond acceptors (Lipinski definition) is 2. The topological polar surface area (TPSA) is 29.3 Å². The molecule has 2 nitrogen and oxygen atoms in total. The van der Waals surface area contributed by atoms with Crippen LogP contribution in [-0.4, -0.2) is 31.6 Å². The van der Waals surface area contributed by atoms with Crippen molar-refractivity contribution in [3.05, 3.63) is 34.3 Å². The van der Waals surface area contributed by atoms with Crippen LogP contribution in [0.4, 0.5) is 0 Å². The Bertz CT molecular complexity index is 367. The largest absolute Gasteiger partial charge is 0.330 e. The molecule has 0 aromatic heterocycles. The van der Waals surface area contributed by atoms with Gasteiger partial charge in [0.15, 0.2) is 0 Å². The van der Waals surface area contributed by atoms with Gasteiger partial charge in [0.1, 0.15) is 0 Å². The third-order valence-corrected chi connectivity index (χ3v) is 4.25. The zero-order valence-electron chi connectivity index (χ0n) is 10.4. The van der Waals surface area contributed by atoms with Gasteiger partial charge in [-0.3, -0.25) is 0 Å². The molecule has 0 saturated carbocycles. The Kier molecular flexibility index (Phi) is 4.60. The van der Waals surface area contributed by atoms with E-state index in [0.29, 0.717) is 11.8 Å². The van der Waals surface area contributed by atoms with E-state index in [1.165, 1.54) is 31.5 Å². The summed E-state index contributed by atoms with van der Waals surface area (Å²) < 4.78 is 1.15. The van der Waals surface area contributed by atoms with Crippen LogP contribution in [0.1, 0.15) is 24.3 Å². The van der Waals surface area contributed by atoms with Crippen molar-refractivity contribution in [3.63, 3.8) is 0 Å². The molecule has 1 saturated heterocycles. The van der Waals surface area contributed by atoms with Crippen molar-refractivity contribution in [3.8, 4) is 0 Å². The number of nitrogens with two attached hydrogens (primary N) is 1. The monoisotopic (exact) mass is 296 g/mol. The minimum absolute atomic E-state index is 0.496. The maximum Gasteiger partial charge on any atom is 0.0178 e. The van der Waals surface area contributed by atoms with Crippen LogP contribution in [0.2, 0.25) is 0 Å². The summed E-state index contributed by atoms with van der Waals surface area (Å²) in [6.45, 7) is 3.15. The highest BCUT2D eigenvalue weighted by Crippen LogP contribution is 2.31. The van der Waals surface area contributed by atoms with Gasteiger partial charge >= 0.3 is 0 Å². The lowest BCUT2D eigenvalue weighted by Crippen LogP contribution is -2.37. The number of benzene rings is 1. The molecule has 1 aliphatic heterocycles. The van der Waals surface area contributed by atoms with Gasteiger partial charge in [-0.05, 0) is 56.6 Å². The molecule has 1 heterocycles. The lowest BCUT2D eigenvalue weighted by molar-refractivity contribution is 0.188. The van der Waals surface area contributed by atoms with E-state index >= 15 is 0 Å². The van der Waals surface area contributed by atoms with Gasteiger partial charge in [-0.25, -0.2) is 0 Å². The first-order chi connectivity index (χ1) is 8.20. The molecule has 2 atom stereocenters. The molecule has 2 rings (SSSR count). The minimum Gasteiger partial charge on any atom is -0.330 e. The predicted molar refractivity (Wildman–Crippen MR) is 76.2 cm³/mol. The molecule has 1 aromatic rings. The molecule has 1 aromatic carbocycles. The Balaban J connectivity index is 2.15. The number of hydrogen-bond donors (Lipinski definition) is 1. The highest BCUT2D eigenvalue weighted by molar-refractivity contribution is 9.10. The van der Waals surface area contributed by atoms with E-state index in [1.807, 2.05) is 0 Å². The van der Waals surface area contributed by atoms with E-state index in [9.17, 15) is 0 Å². The molecule has 17 heavy (non-hydrogen) atoms. The van der Waals surface area contributed by atoms with E-state index in [2.05, 4.69) is 52.1 Å². The average molecular weight is 297 g/mol. The van der Waals surface area contributed by atoms with Crippen LogP contribution >= 0.6 is 15.9 Å². The normalized spacial score (nSPS) is 23.6. The van der Waals surface area contributed by atoms with Gasteiger partial charge in [-0.1, -0.05) is 28.1 Å².